The van der Waals surface area contributed by atoms with Crippen molar-refractivity contribution in [1.82, 2.24) is 10.2 Å². The normalized spacial score (nSPS) is 14.5. The van der Waals surface area contributed by atoms with E-state index in [-0.39, 0.29) is 5.83 Å². The van der Waals surface area contributed by atoms with Crippen molar-refractivity contribution in [2.75, 3.05) is 27.2 Å². The Morgan fingerprint density at radius 3 is 2.59 bits per heavy atom. The average molecular weight is 239 g/mol. The lowest BCUT2D eigenvalue weighted by Crippen LogP contribution is -2.28. The van der Waals surface area contributed by atoms with Crippen LogP contribution in [0.4, 0.5) is 4.39 Å². The molecule has 0 spiro atoms. The van der Waals surface area contributed by atoms with Crippen LogP contribution in [-0.2, 0) is 0 Å². The molecule has 0 heterocycles. The highest BCUT2D eigenvalue weighted by molar-refractivity contribution is 5.35. The average Bonchev–Trinajstić information content (AvgIpc) is 2.38. The molecule has 0 saturated carbocycles. The van der Waals surface area contributed by atoms with Crippen molar-refractivity contribution >= 4 is 0 Å². The van der Waals surface area contributed by atoms with Gasteiger partial charge in [-0.25, -0.2) is 4.39 Å². The maximum Gasteiger partial charge on any atom is 0.143 e. The van der Waals surface area contributed by atoms with Crippen LogP contribution in [0.2, 0.25) is 0 Å². The van der Waals surface area contributed by atoms with E-state index in [0.29, 0.717) is 24.1 Å². The smallest absolute Gasteiger partial charge is 0.143 e. The number of nitrogens with zero attached hydrogens (tertiary/aromatic N) is 2. The van der Waals surface area contributed by atoms with Gasteiger partial charge in [0.25, 0.3) is 0 Å². The number of halogens is 1. The standard InChI is InChI=1S/C11H16FN3.C2H6/c1-14-5-6-15(2)11-4-3-9(8-13)7-10(11)12;1-2/h7,14H,3-6H2,1-2H3;1-2H3. The van der Waals surface area contributed by atoms with Gasteiger partial charge in [0.2, 0.25) is 0 Å². The van der Waals surface area contributed by atoms with Crippen molar-refractivity contribution in [3.63, 3.8) is 0 Å². The molecule has 1 N–H and O–H groups in total. The minimum absolute atomic E-state index is 0.267. The Kier molecular flexibility index (Phi) is 8.08. The zero-order chi connectivity index (χ0) is 13.3. The Labute approximate surface area is 104 Å². The molecule has 0 aromatic rings. The molecule has 0 bridgehead atoms. The van der Waals surface area contributed by atoms with Gasteiger partial charge in [-0.05, 0) is 26.0 Å². The van der Waals surface area contributed by atoms with Gasteiger partial charge in [-0.3, -0.25) is 0 Å². The summed E-state index contributed by atoms with van der Waals surface area (Å²) in [6.07, 6.45) is 2.60. The van der Waals surface area contributed by atoms with Crippen LogP contribution in [0, 0.1) is 11.3 Å². The van der Waals surface area contributed by atoms with Gasteiger partial charge in [-0.15, -0.1) is 0 Å². The lowest BCUT2D eigenvalue weighted by Gasteiger charge is -2.24. The predicted molar refractivity (Wildman–Crippen MR) is 69.0 cm³/mol. The molecular formula is C13H22FN3. The summed E-state index contributed by atoms with van der Waals surface area (Å²) < 4.78 is 13.6. The van der Waals surface area contributed by atoms with E-state index in [1.165, 1.54) is 6.08 Å². The second-order valence-electron chi connectivity index (χ2n) is 3.60. The third kappa shape index (κ3) is 5.01. The van der Waals surface area contributed by atoms with Gasteiger partial charge in [-0.1, -0.05) is 13.8 Å². The first-order chi connectivity index (χ1) is 8.19. The molecule has 4 heteroatoms. The zero-order valence-corrected chi connectivity index (χ0v) is 11.2. The Balaban J connectivity index is 0.00000121. The highest BCUT2D eigenvalue weighted by Crippen LogP contribution is 2.26. The molecule has 0 aliphatic heterocycles. The molecule has 1 rings (SSSR count). The van der Waals surface area contributed by atoms with Gasteiger partial charge in [0.1, 0.15) is 5.83 Å². The van der Waals surface area contributed by atoms with Crippen molar-refractivity contribution in [2.45, 2.75) is 26.7 Å². The molecule has 0 saturated heterocycles. The van der Waals surface area contributed by atoms with Crippen molar-refractivity contribution in [2.24, 2.45) is 0 Å². The van der Waals surface area contributed by atoms with Crippen molar-refractivity contribution < 1.29 is 4.39 Å². The number of nitrogens with one attached hydrogen (secondary N) is 1. The zero-order valence-electron chi connectivity index (χ0n) is 11.2. The summed E-state index contributed by atoms with van der Waals surface area (Å²) in [6, 6.07) is 1.99. The molecule has 0 unspecified atom stereocenters. The van der Waals surface area contributed by atoms with Crippen LogP contribution in [0.1, 0.15) is 26.7 Å². The fourth-order valence-corrected chi connectivity index (χ4v) is 1.56. The van der Waals surface area contributed by atoms with E-state index >= 15 is 0 Å². The first-order valence-electron chi connectivity index (χ1n) is 6.04. The quantitative estimate of drug-likeness (QED) is 0.819. The lowest BCUT2D eigenvalue weighted by atomic mass is 10.0. The fourth-order valence-electron chi connectivity index (χ4n) is 1.56. The van der Waals surface area contributed by atoms with E-state index in [2.05, 4.69) is 5.32 Å². The highest BCUT2D eigenvalue weighted by Gasteiger charge is 2.16. The highest BCUT2D eigenvalue weighted by atomic mass is 19.1. The monoisotopic (exact) mass is 239 g/mol. The molecule has 3 nitrogen and oxygen atoms in total. The van der Waals surface area contributed by atoms with E-state index in [9.17, 15) is 4.39 Å². The van der Waals surface area contributed by atoms with Gasteiger partial charge in [0, 0.05) is 31.4 Å². The minimum Gasteiger partial charge on any atom is -0.374 e. The Hall–Kier alpha value is -1.34. The molecule has 0 radical (unpaired) electrons. The van der Waals surface area contributed by atoms with Crippen LogP contribution in [-0.4, -0.2) is 32.1 Å². The topological polar surface area (TPSA) is 39.1 Å². The summed E-state index contributed by atoms with van der Waals surface area (Å²) >= 11 is 0. The van der Waals surface area contributed by atoms with Crippen LogP contribution >= 0.6 is 0 Å². The summed E-state index contributed by atoms with van der Waals surface area (Å²) in [5.74, 6) is -0.267. The maximum absolute atomic E-state index is 13.6. The second kappa shape index (κ2) is 8.77. The van der Waals surface area contributed by atoms with Crippen LogP contribution in [0.5, 0.6) is 0 Å². The third-order valence-electron chi connectivity index (χ3n) is 2.51. The summed E-state index contributed by atoms with van der Waals surface area (Å²) in [6.45, 7) is 5.59. The largest absolute Gasteiger partial charge is 0.374 e. The van der Waals surface area contributed by atoms with Crippen molar-refractivity contribution in [3.05, 3.63) is 23.2 Å². The SMILES string of the molecule is CC.CNCCN(C)C1=C(F)C=C(C#N)CC1. The van der Waals surface area contributed by atoms with E-state index in [1.54, 1.807) is 0 Å². The van der Waals surface area contributed by atoms with Crippen LogP contribution < -0.4 is 5.32 Å². The number of likely N-dealkylation sites (N-methyl/N-ethyl adjacent to an activating group) is 2. The van der Waals surface area contributed by atoms with Crippen LogP contribution in [0.25, 0.3) is 0 Å². The second-order valence-corrected chi connectivity index (χ2v) is 3.60. The van der Waals surface area contributed by atoms with Gasteiger partial charge >= 0.3 is 0 Å². The molecule has 17 heavy (non-hydrogen) atoms. The predicted octanol–water partition coefficient (Wildman–Crippen LogP) is 2.59. The van der Waals surface area contributed by atoms with E-state index in [1.807, 2.05) is 38.9 Å². The van der Waals surface area contributed by atoms with Crippen molar-refractivity contribution in [1.29, 1.82) is 5.26 Å². The summed E-state index contributed by atoms with van der Waals surface area (Å²) in [4.78, 5) is 1.90. The number of rotatable bonds is 4. The molecule has 0 amide bonds. The minimum atomic E-state index is -0.267. The van der Waals surface area contributed by atoms with Crippen LogP contribution in [0.3, 0.4) is 0 Å². The number of nitriles is 1. The Morgan fingerprint density at radius 1 is 1.47 bits per heavy atom. The third-order valence-corrected chi connectivity index (χ3v) is 2.51. The number of hydrogen-bond acceptors (Lipinski definition) is 3. The van der Waals surface area contributed by atoms with Crippen molar-refractivity contribution in [3.8, 4) is 6.07 Å². The van der Waals surface area contributed by atoms with Gasteiger partial charge in [0.05, 0.1) is 6.07 Å². The molecule has 1 aliphatic rings. The number of hydrogen-bond donors (Lipinski definition) is 1. The van der Waals surface area contributed by atoms with Gasteiger partial charge < -0.3 is 10.2 Å². The van der Waals surface area contributed by atoms with E-state index in [4.69, 9.17) is 5.26 Å². The lowest BCUT2D eigenvalue weighted by molar-refractivity contribution is 0.379. The molecule has 96 valence electrons. The Morgan fingerprint density at radius 2 is 2.12 bits per heavy atom. The Bertz CT molecular complexity index is 326. The molecule has 0 aromatic heterocycles. The molecule has 0 fully saturated rings. The number of allylic oxidation sites excluding steroid dienone is 4. The first kappa shape index (κ1) is 15.7. The summed E-state index contributed by atoms with van der Waals surface area (Å²) in [7, 11) is 3.74. The van der Waals surface area contributed by atoms with Gasteiger partial charge in [0.15, 0.2) is 0 Å². The summed E-state index contributed by atoms with van der Waals surface area (Å²) in [5.41, 5.74) is 1.22. The molecular weight excluding hydrogens is 217 g/mol. The van der Waals surface area contributed by atoms with E-state index < -0.39 is 0 Å². The first-order valence-corrected chi connectivity index (χ1v) is 6.04. The molecule has 1 aliphatic carbocycles. The summed E-state index contributed by atoms with van der Waals surface area (Å²) in [5, 5.41) is 11.7. The molecule has 0 atom stereocenters. The van der Waals surface area contributed by atoms with E-state index in [0.717, 1.165) is 13.1 Å². The molecule has 0 aromatic carbocycles. The van der Waals surface area contributed by atoms with Crippen LogP contribution in [0.15, 0.2) is 23.2 Å². The fraction of sp³-hybridized carbons (Fsp3) is 0.615. The van der Waals surface area contributed by atoms with Gasteiger partial charge in [-0.2, -0.15) is 5.26 Å². The maximum atomic E-state index is 13.6.